The van der Waals surface area contributed by atoms with Crippen LogP contribution in [0.3, 0.4) is 0 Å². The van der Waals surface area contributed by atoms with Crippen LogP contribution < -0.4 is 0 Å². The van der Waals surface area contributed by atoms with Crippen molar-refractivity contribution in [2.75, 3.05) is 6.61 Å². The lowest BCUT2D eigenvalue weighted by Gasteiger charge is -1.97. The highest BCUT2D eigenvalue weighted by Crippen LogP contribution is 2.12. The maximum atomic E-state index is 11.3. The number of hydrogen-bond donors (Lipinski definition) is 0. The molecule has 0 amide bonds. The van der Waals surface area contributed by atoms with Gasteiger partial charge in [0.25, 0.3) is 0 Å². The van der Waals surface area contributed by atoms with E-state index < -0.39 is 5.97 Å². The van der Waals surface area contributed by atoms with Crippen LogP contribution in [0.5, 0.6) is 0 Å². The SMILES string of the molecule is CCOC(=O)c1ncsc1C#CC#N. The standard InChI is InChI=1S/C9H6N2O2S/c1-2-13-9(12)8-7(4-3-5-10)14-6-11-8/h6H,2H2,1H3. The van der Waals surface area contributed by atoms with Crippen LogP contribution in [0.1, 0.15) is 22.3 Å². The van der Waals surface area contributed by atoms with Crippen molar-refractivity contribution in [2.24, 2.45) is 0 Å². The maximum Gasteiger partial charge on any atom is 0.359 e. The molecule has 4 nitrogen and oxygen atoms in total. The Labute approximate surface area is 85.1 Å². The van der Waals surface area contributed by atoms with Crippen molar-refractivity contribution in [3.8, 4) is 17.9 Å². The van der Waals surface area contributed by atoms with Gasteiger partial charge in [-0.05, 0) is 12.8 Å². The molecule has 0 N–H and O–H groups in total. The smallest absolute Gasteiger partial charge is 0.359 e. The molecule has 0 fully saturated rings. The normalized spacial score (nSPS) is 8.29. The van der Waals surface area contributed by atoms with Crippen LogP contribution in [0, 0.1) is 23.2 Å². The first kappa shape index (κ1) is 10.2. The van der Waals surface area contributed by atoms with E-state index in [0.29, 0.717) is 11.5 Å². The Hall–Kier alpha value is -1.85. The highest BCUT2D eigenvalue weighted by atomic mass is 32.1. The molecule has 0 saturated carbocycles. The van der Waals surface area contributed by atoms with Crippen LogP contribution in [0.4, 0.5) is 0 Å². The summed E-state index contributed by atoms with van der Waals surface area (Å²) < 4.78 is 4.76. The summed E-state index contributed by atoms with van der Waals surface area (Å²) in [5.74, 6) is 4.23. The maximum absolute atomic E-state index is 11.3. The fraction of sp³-hybridized carbons (Fsp3) is 0.222. The molecule has 70 valence electrons. The molecule has 0 aromatic carbocycles. The summed E-state index contributed by atoms with van der Waals surface area (Å²) in [6.07, 6.45) is 0. The molecule has 0 aliphatic carbocycles. The molecular weight excluding hydrogens is 200 g/mol. The van der Waals surface area contributed by atoms with Gasteiger partial charge in [-0.1, -0.05) is 0 Å². The topological polar surface area (TPSA) is 63.0 Å². The number of rotatable bonds is 2. The van der Waals surface area contributed by atoms with Crippen molar-refractivity contribution in [3.05, 3.63) is 16.1 Å². The van der Waals surface area contributed by atoms with E-state index in [-0.39, 0.29) is 5.69 Å². The predicted octanol–water partition coefficient (Wildman–Crippen LogP) is 1.19. The molecule has 1 rings (SSSR count). The van der Waals surface area contributed by atoms with Gasteiger partial charge in [-0.3, -0.25) is 0 Å². The molecule has 0 spiro atoms. The molecule has 14 heavy (non-hydrogen) atoms. The highest BCUT2D eigenvalue weighted by molar-refractivity contribution is 7.10. The molecule has 0 atom stereocenters. The molecule has 0 unspecified atom stereocenters. The number of nitriles is 1. The number of carbonyl (C=O) groups is 1. The third kappa shape index (κ3) is 2.32. The monoisotopic (exact) mass is 206 g/mol. The van der Waals surface area contributed by atoms with Crippen molar-refractivity contribution in [1.29, 1.82) is 5.26 Å². The summed E-state index contributed by atoms with van der Waals surface area (Å²) in [7, 11) is 0. The van der Waals surface area contributed by atoms with Crippen molar-refractivity contribution < 1.29 is 9.53 Å². The molecule has 0 saturated heterocycles. The summed E-state index contributed by atoms with van der Waals surface area (Å²) >= 11 is 1.21. The molecule has 0 bridgehead atoms. The van der Waals surface area contributed by atoms with Gasteiger partial charge in [-0.25, -0.2) is 9.78 Å². The summed E-state index contributed by atoms with van der Waals surface area (Å²) in [5.41, 5.74) is 1.67. The Morgan fingerprint density at radius 2 is 2.57 bits per heavy atom. The number of aromatic nitrogens is 1. The van der Waals surface area contributed by atoms with Gasteiger partial charge in [0, 0.05) is 5.92 Å². The molecule has 5 heteroatoms. The van der Waals surface area contributed by atoms with Crippen LogP contribution in [-0.2, 0) is 4.74 Å². The number of thiazole rings is 1. The molecule has 1 aromatic rings. The van der Waals surface area contributed by atoms with Gasteiger partial charge in [-0.2, -0.15) is 5.26 Å². The second-order valence-electron chi connectivity index (χ2n) is 2.11. The Morgan fingerprint density at radius 1 is 1.79 bits per heavy atom. The van der Waals surface area contributed by atoms with Crippen LogP contribution in [-0.4, -0.2) is 17.6 Å². The number of esters is 1. The zero-order valence-electron chi connectivity index (χ0n) is 7.40. The minimum Gasteiger partial charge on any atom is -0.461 e. The fourth-order valence-electron chi connectivity index (χ4n) is 0.764. The van der Waals surface area contributed by atoms with Gasteiger partial charge in [0.15, 0.2) is 11.8 Å². The average molecular weight is 206 g/mol. The summed E-state index contributed by atoms with van der Waals surface area (Å²) in [4.78, 5) is 15.5. The summed E-state index contributed by atoms with van der Waals surface area (Å²) in [6.45, 7) is 2.01. The fourth-order valence-corrected chi connectivity index (χ4v) is 1.39. The van der Waals surface area contributed by atoms with E-state index in [9.17, 15) is 4.79 Å². The molecular formula is C9H6N2O2S. The minimum atomic E-state index is -0.504. The first-order chi connectivity index (χ1) is 6.79. The van der Waals surface area contributed by atoms with Crippen molar-refractivity contribution in [1.82, 2.24) is 4.98 Å². The van der Waals surface area contributed by atoms with E-state index in [0.717, 1.165) is 0 Å². The summed E-state index contributed by atoms with van der Waals surface area (Å²) in [5, 5.41) is 8.24. The largest absolute Gasteiger partial charge is 0.461 e. The number of carbonyl (C=O) groups excluding carboxylic acids is 1. The van der Waals surface area contributed by atoms with Gasteiger partial charge >= 0.3 is 5.97 Å². The lowest BCUT2D eigenvalue weighted by Crippen LogP contribution is -2.06. The molecule has 0 radical (unpaired) electrons. The first-order valence-electron chi connectivity index (χ1n) is 3.80. The number of ether oxygens (including phenoxy) is 1. The number of hydrogen-bond acceptors (Lipinski definition) is 5. The van der Waals surface area contributed by atoms with E-state index in [4.69, 9.17) is 10.00 Å². The van der Waals surface area contributed by atoms with Crippen LogP contribution in [0.15, 0.2) is 5.51 Å². The van der Waals surface area contributed by atoms with E-state index >= 15 is 0 Å². The van der Waals surface area contributed by atoms with Gasteiger partial charge in [-0.15, -0.1) is 11.3 Å². The predicted molar refractivity (Wildman–Crippen MR) is 50.6 cm³/mol. The second-order valence-corrected chi connectivity index (χ2v) is 2.97. The van der Waals surface area contributed by atoms with Crippen LogP contribution >= 0.6 is 11.3 Å². The lowest BCUT2D eigenvalue weighted by molar-refractivity contribution is 0.0520. The van der Waals surface area contributed by atoms with Gasteiger partial charge < -0.3 is 4.74 Å². The minimum absolute atomic E-state index is 0.180. The second kappa shape index (κ2) is 5.00. The Balaban J connectivity index is 2.94. The molecule has 0 aliphatic heterocycles. The van der Waals surface area contributed by atoms with E-state index in [2.05, 4.69) is 16.8 Å². The van der Waals surface area contributed by atoms with Crippen molar-refractivity contribution in [3.63, 3.8) is 0 Å². The van der Waals surface area contributed by atoms with Gasteiger partial charge in [0.2, 0.25) is 0 Å². The van der Waals surface area contributed by atoms with Crippen LogP contribution in [0.2, 0.25) is 0 Å². The average Bonchev–Trinajstić information content (AvgIpc) is 2.63. The van der Waals surface area contributed by atoms with Crippen molar-refractivity contribution in [2.45, 2.75) is 6.92 Å². The Bertz CT molecular complexity index is 434. The molecule has 1 heterocycles. The molecule has 0 aliphatic rings. The zero-order valence-corrected chi connectivity index (χ0v) is 8.22. The summed E-state index contributed by atoms with van der Waals surface area (Å²) in [6, 6.07) is 1.67. The lowest BCUT2D eigenvalue weighted by atomic mass is 10.3. The van der Waals surface area contributed by atoms with Gasteiger partial charge in [0.1, 0.15) is 4.88 Å². The van der Waals surface area contributed by atoms with Crippen LogP contribution in [0.25, 0.3) is 0 Å². The van der Waals surface area contributed by atoms with E-state index in [1.807, 2.05) is 0 Å². The first-order valence-corrected chi connectivity index (χ1v) is 4.68. The quantitative estimate of drug-likeness (QED) is 0.538. The zero-order chi connectivity index (χ0) is 10.4. The third-order valence-electron chi connectivity index (χ3n) is 1.27. The Morgan fingerprint density at radius 3 is 3.21 bits per heavy atom. The van der Waals surface area contributed by atoms with E-state index in [1.54, 1.807) is 13.0 Å². The molecule has 1 aromatic heterocycles. The Kier molecular flexibility index (Phi) is 3.66. The number of nitrogens with zero attached hydrogens (tertiary/aromatic N) is 2. The van der Waals surface area contributed by atoms with Crippen molar-refractivity contribution >= 4 is 17.3 Å². The third-order valence-corrected chi connectivity index (χ3v) is 2.01. The highest BCUT2D eigenvalue weighted by Gasteiger charge is 2.14. The van der Waals surface area contributed by atoms with Gasteiger partial charge in [0.05, 0.1) is 12.1 Å². The van der Waals surface area contributed by atoms with E-state index in [1.165, 1.54) is 16.8 Å².